The van der Waals surface area contributed by atoms with E-state index in [0.717, 1.165) is 18.9 Å². The van der Waals surface area contributed by atoms with Gasteiger partial charge in [0.15, 0.2) is 0 Å². The number of fused-ring (bicyclic) bond motifs is 1. The normalized spacial score (nSPS) is 13.9. The Morgan fingerprint density at radius 1 is 1.20 bits per heavy atom. The van der Waals surface area contributed by atoms with Crippen molar-refractivity contribution in [1.82, 2.24) is 0 Å². The summed E-state index contributed by atoms with van der Waals surface area (Å²) in [5.74, 6) is 1.00. The number of hydrogen-bond donors (Lipinski definition) is 0. The van der Waals surface area contributed by atoms with E-state index in [1.165, 1.54) is 5.69 Å². The van der Waals surface area contributed by atoms with Crippen LogP contribution in [0.2, 0.25) is 0 Å². The number of ether oxygens (including phenoxy) is 1. The number of rotatable bonds is 0. The number of para-hydroxylation sites is 2. The first-order chi connectivity index (χ1) is 7.29. The van der Waals surface area contributed by atoms with E-state index in [-0.39, 0.29) is 0 Å². The minimum Gasteiger partial charge on any atom is -0.490 e. The lowest BCUT2D eigenvalue weighted by molar-refractivity contribution is 0.311. The maximum Gasteiger partial charge on any atom is 0.142 e. The van der Waals surface area contributed by atoms with Gasteiger partial charge < -0.3 is 9.64 Å². The number of nitrogens with zero attached hydrogens (tertiary/aromatic N) is 1. The molecule has 0 atom stereocenters. The second-order valence-corrected chi connectivity index (χ2v) is 3.40. The van der Waals surface area contributed by atoms with Crippen molar-refractivity contribution < 1.29 is 4.74 Å². The van der Waals surface area contributed by atoms with Crippen LogP contribution in [0.3, 0.4) is 0 Å². The zero-order chi connectivity index (χ0) is 11.1. The molecule has 1 aliphatic heterocycles. The lowest BCUT2D eigenvalue weighted by Gasteiger charge is -2.27. The van der Waals surface area contributed by atoms with E-state index in [9.17, 15) is 0 Å². The summed E-state index contributed by atoms with van der Waals surface area (Å²) < 4.78 is 5.45. The van der Waals surface area contributed by atoms with E-state index in [1.54, 1.807) is 0 Å². The lowest BCUT2D eigenvalue weighted by atomic mass is 10.2. The molecule has 0 saturated carbocycles. The van der Waals surface area contributed by atoms with Gasteiger partial charge in [-0.15, -0.1) is 0 Å². The van der Waals surface area contributed by atoms with Crippen molar-refractivity contribution in [3.8, 4) is 5.75 Å². The molecule has 0 saturated heterocycles. The van der Waals surface area contributed by atoms with Crippen LogP contribution in [0.25, 0.3) is 0 Å². The highest BCUT2D eigenvalue weighted by atomic mass is 16.5. The van der Waals surface area contributed by atoms with Crippen molar-refractivity contribution in [2.24, 2.45) is 0 Å². The smallest absolute Gasteiger partial charge is 0.142 e. The Morgan fingerprint density at radius 2 is 1.87 bits per heavy atom. The molecule has 15 heavy (non-hydrogen) atoms. The number of hydrogen-bond acceptors (Lipinski definition) is 2. The van der Waals surface area contributed by atoms with Crippen molar-refractivity contribution in [3.05, 3.63) is 36.4 Å². The standard InChI is InChI=1S/C9H11NO.C4H8/c1-10-6-7-11-9-5-3-2-4-8(9)10;1-3-4-2/h2-5H,6-7H2,1H3;3-4H,1-2H3/b;4-3+. The first-order valence-corrected chi connectivity index (χ1v) is 5.30. The first kappa shape index (κ1) is 11.6. The molecule has 0 unspecified atom stereocenters. The largest absolute Gasteiger partial charge is 0.490 e. The van der Waals surface area contributed by atoms with E-state index < -0.39 is 0 Å². The number of benzene rings is 1. The van der Waals surface area contributed by atoms with Crippen LogP contribution in [-0.2, 0) is 0 Å². The van der Waals surface area contributed by atoms with Gasteiger partial charge in [-0.1, -0.05) is 24.3 Å². The zero-order valence-electron chi connectivity index (χ0n) is 9.73. The van der Waals surface area contributed by atoms with Gasteiger partial charge in [-0.25, -0.2) is 0 Å². The van der Waals surface area contributed by atoms with Crippen LogP contribution in [0.5, 0.6) is 5.75 Å². The van der Waals surface area contributed by atoms with Crippen molar-refractivity contribution in [1.29, 1.82) is 0 Å². The van der Waals surface area contributed by atoms with Gasteiger partial charge in [0.05, 0.1) is 12.2 Å². The van der Waals surface area contributed by atoms with Crippen LogP contribution in [0.15, 0.2) is 36.4 Å². The van der Waals surface area contributed by atoms with Gasteiger partial charge in [0, 0.05) is 7.05 Å². The Bertz CT molecular complexity index is 316. The van der Waals surface area contributed by atoms with Crippen LogP contribution in [-0.4, -0.2) is 20.2 Å². The van der Waals surface area contributed by atoms with Crippen molar-refractivity contribution in [2.45, 2.75) is 13.8 Å². The molecule has 0 fully saturated rings. The van der Waals surface area contributed by atoms with Crippen LogP contribution < -0.4 is 9.64 Å². The van der Waals surface area contributed by atoms with Gasteiger partial charge >= 0.3 is 0 Å². The molecule has 0 aliphatic carbocycles. The summed E-state index contributed by atoms with van der Waals surface area (Å²) in [5, 5.41) is 0. The molecule has 0 radical (unpaired) electrons. The molecule has 1 heterocycles. The van der Waals surface area contributed by atoms with Crippen molar-refractivity contribution in [2.75, 3.05) is 25.1 Å². The predicted molar refractivity (Wildman–Crippen MR) is 65.7 cm³/mol. The molecule has 0 spiro atoms. The van der Waals surface area contributed by atoms with Gasteiger partial charge in [-0.2, -0.15) is 0 Å². The average molecular weight is 205 g/mol. The van der Waals surface area contributed by atoms with Gasteiger partial charge in [0.2, 0.25) is 0 Å². The van der Waals surface area contributed by atoms with Crippen LogP contribution >= 0.6 is 0 Å². The molecule has 0 amide bonds. The highest BCUT2D eigenvalue weighted by Gasteiger charge is 2.12. The molecule has 2 heteroatoms. The molecular formula is C13H19NO. The van der Waals surface area contributed by atoms with Gasteiger partial charge in [0.25, 0.3) is 0 Å². The number of likely N-dealkylation sites (N-methyl/N-ethyl adjacent to an activating group) is 1. The number of allylic oxidation sites excluding steroid dienone is 2. The third-order valence-corrected chi connectivity index (χ3v) is 2.29. The topological polar surface area (TPSA) is 12.5 Å². The minimum atomic E-state index is 0.799. The fraction of sp³-hybridized carbons (Fsp3) is 0.385. The second-order valence-electron chi connectivity index (χ2n) is 3.40. The molecule has 1 aromatic carbocycles. The Labute approximate surface area is 92.2 Å². The first-order valence-electron chi connectivity index (χ1n) is 5.30. The lowest BCUT2D eigenvalue weighted by Crippen LogP contribution is -2.28. The van der Waals surface area contributed by atoms with E-state index >= 15 is 0 Å². The summed E-state index contributed by atoms with van der Waals surface area (Å²) in [6.07, 6.45) is 4.00. The molecule has 0 bridgehead atoms. The zero-order valence-corrected chi connectivity index (χ0v) is 9.73. The van der Waals surface area contributed by atoms with E-state index in [4.69, 9.17) is 4.74 Å². The summed E-state index contributed by atoms with van der Waals surface area (Å²) in [6.45, 7) is 5.78. The minimum absolute atomic E-state index is 0.799. The van der Waals surface area contributed by atoms with Crippen molar-refractivity contribution in [3.63, 3.8) is 0 Å². The Balaban J connectivity index is 0.000000245. The highest BCUT2D eigenvalue weighted by molar-refractivity contribution is 5.58. The second kappa shape index (κ2) is 6.12. The van der Waals surface area contributed by atoms with E-state index in [1.807, 2.05) is 44.2 Å². The third kappa shape index (κ3) is 3.31. The van der Waals surface area contributed by atoms with Crippen LogP contribution in [0.1, 0.15) is 13.8 Å². The average Bonchev–Trinajstić information content (AvgIpc) is 2.30. The quantitative estimate of drug-likeness (QED) is 0.603. The van der Waals surface area contributed by atoms with Gasteiger partial charge in [-0.05, 0) is 26.0 Å². The third-order valence-electron chi connectivity index (χ3n) is 2.29. The number of anilines is 1. The maximum atomic E-state index is 5.45. The molecule has 1 aromatic rings. The Morgan fingerprint density at radius 3 is 2.47 bits per heavy atom. The van der Waals surface area contributed by atoms with E-state index in [2.05, 4.69) is 18.0 Å². The predicted octanol–water partition coefficient (Wildman–Crippen LogP) is 3.10. The molecule has 0 N–H and O–H groups in total. The highest BCUT2D eigenvalue weighted by Crippen LogP contribution is 2.29. The van der Waals surface area contributed by atoms with Gasteiger partial charge in [-0.3, -0.25) is 0 Å². The SMILES string of the molecule is C/C=C/C.CN1CCOc2ccccc21. The summed E-state index contributed by atoms with van der Waals surface area (Å²) in [7, 11) is 2.08. The fourth-order valence-electron chi connectivity index (χ4n) is 1.31. The molecular weight excluding hydrogens is 186 g/mol. The maximum absolute atomic E-state index is 5.45. The summed E-state index contributed by atoms with van der Waals surface area (Å²) >= 11 is 0. The molecule has 82 valence electrons. The summed E-state index contributed by atoms with van der Waals surface area (Å²) in [5.41, 5.74) is 1.19. The summed E-state index contributed by atoms with van der Waals surface area (Å²) in [6, 6.07) is 8.11. The fourth-order valence-corrected chi connectivity index (χ4v) is 1.31. The Hall–Kier alpha value is -1.44. The van der Waals surface area contributed by atoms with Crippen molar-refractivity contribution >= 4 is 5.69 Å². The monoisotopic (exact) mass is 205 g/mol. The molecule has 2 rings (SSSR count). The van der Waals surface area contributed by atoms with Crippen LogP contribution in [0, 0.1) is 0 Å². The van der Waals surface area contributed by atoms with Crippen LogP contribution in [0.4, 0.5) is 5.69 Å². The molecule has 1 aliphatic rings. The summed E-state index contributed by atoms with van der Waals surface area (Å²) in [4.78, 5) is 2.21. The Kier molecular flexibility index (Phi) is 4.75. The van der Waals surface area contributed by atoms with Gasteiger partial charge in [0.1, 0.15) is 12.4 Å². The molecule has 2 nitrogen and oxygen atoms in total. The van der Waals surface area contributed by atoms with E-state index in [0.29, 0.717) is 0 Å². The molecule has 0 aromatic heterocycles.